The first kappa shape index (κ1) is 24.3. The minimum absolute atomic E-state index is 0.0785. The number of nitrogens with one attached hydrogen (secondary N) is 2. The van der Waals surface area contributed by atoms with Gasteiger partial charge in [-0.15, -0.1) is 11.3 Å². The summed E-state index contributed by atoms with van der Waals surface area (Å²) in [4.78, 5) is 24.7. The Bertz CT molecular complexity index is 1210. The third-order valence-corrected chi connectivity index (χ3v) is 7.98. The number of hydrogen-bond acceptors (Lipinski definition) is 6. The number of aromatic nitrogens is 3. The summed E-state index contributed by atoms with van der Waals surface area (Å²) in [7, 11) is -1.18. The van der Waals surface area contributed by atoms with Crippen molar-refractivity contribution in [2.75, 3.05) is 10.0 Å². The quantitative estimate of drug-likeness (QED) is 0.458. The Morgan fingerprint density at radius 2 is 1.79 bits per heavy atom. The van der Waals surface area contributed by atoms with Crippen LogP contribution < -0.4 is 10.0 Å². The van der Waals surface area contributed by atoms with E-state index in [1.165, 1.54) is 17.5 Å². The Morgan fingerprint density at radius 3 is 2.41 bits per heavy atom. The molecule has 1 saturated carbocycles. The average molecular weight is 510 g/mol. The summed E-state index contributed by atoms with van der Waals surface area (Å²) in [5.41, 5.74) is -0.516. The SMILES string of the molecule is CC(C)(C(=O)Nc1ccc(-c2cncc(C(F)(F)F)n2)cc1)c1csc(NS(=O)C2CCC2)n1. The molecule has 7 nitrogen and oxygen atoms in total. The summed E-state index contributed by atoms with van der Waals surface area (Å²) in [6, 6.07) is 6.29. The van der Waals surface area contributed by atoms with Crippen LogP contribution in [0.15, 0.2) is 42.0 Å². The number of thiazole rings is 1. The molecule has 1 atom stereocenters. The van der Waals surface area contributed by atoms with Crippen LogP contribution in [-0.2, 0) is 27.4 Å². The fourth-order valence-electron chi connectivity index (χ4n) is 3.13. The predicted molar refractivity (Wildman–Crippen MR) is 126 cm³/mol. The first-order valence-corrected chi connectivity index (χ1v) is 12.6. The molecule has 2 aromatic heterocycles. The molecule has 1 unspecified atom stereocenters. The van der Waals surface area contributed by atoms with Crippen LogP contribution in [0.1, 0.15) is 44.5 Å². The first-order chi connectivity index (χ1) is 16.0. The minimum Gasteiger partial charge on any atom is -0.325 e. The summed E-state index contributed by atoms with van der Waals surface area (Å²) >= 11 is 1.29. The molecule has 1 aliphatic carbocycles. The van der Waals surface area contributed by atoms with Gasteiger partial charge in [-0.2, -0.15) is 13.2 Å². The van der Waals surface area contributed by atoms with Crippen LogP contribution in [0, 0.1) is 0 Å². The molecule has 0 bridgehead atoms. The molecule has 3 aromatic rings. The van der Waals surface area contributed by atoms with Crippen molar-refractivity contribution in [1.29, 1.82) is 0 Å². The lowest BCUT2D eigenvalue weighted by Crippen LogP contribution is -2.35. The summed E-state index contributed by atoms with van der Waals surface area (Å²) in [6.07, 6.45) is 0.292. The zero-order chi connectivity index (χ0) is 24.5. The standard InChI is InChI=1S/C22H22F3N5O2S2/c1-21(2,18-12-33-20(29-18)30-34(32)15-4-3-5-15)19(31)27-14-8-6-13(7-9-14)16-10-26-11-17(28-16)22(23,24)25/h6-12,15H,3-5H2,1-2H3,(H,27,31)(H,29,30). The number of anilines is 2. The third kappa shape index (κ3) is 5.27. The Labute approximate surface area is 200 Å². The van der Waals surface area contributed by atoms with Crippen LogP contribution in [0.25, 0.3) is 11.3 Å². The fourth-order valence-corrected chi connectivity index (χ4v) is 5.44. The molecule has 0 radical (unpaired) electrons. The maximum Gasteiger partial charge on any atom is 0.434 e. The number of benzene rings is 1. The molecule has 1 amide bonds. The molecule has 2 N–H and O–H groups in total. The molecular weight excluding hydrogens is 487 g/mol. The molecule has 4 rings (SSSR count). The Morgan fingerprint density at radius 1 is 1.09 bits per heavy atom. The van der Waals surface area contributed by atoms with Gasteiger partial charge in [0.2, 0.25) is 5.91 Å². The van der Waals surface area contributed by atoms with Gasteiger partial charge < -0.3 is 5.32 Å². The van der Waals surface area contributed by atoms with Crippen LogP contribution in [0.5, 0.6) is 0 Å². The summed E-state index contributed by atoms with van der Waals surface area (Å²) in [6.45, 7) is 3.47. The average Bonchev–Trinajstić information content (AvgIpc) is 3.21. The van der Waals surface area contributed by atoms with Gasteiger partial charge in [-0.25, -0.2) is 14.2 Å². The van der Waals surface area contributed by atoms with Gasteiger partial charge in [0.25, 0.3) is 0 Å². The van der Waals surface area contributed by atoms with Crippen molar-refractivity contribution in [2.45, 2.75) is 50.0 Å². The fraction of sp³-hybridized carbons (Fsp3) is 0.364. The number of hydrogen-bond donors (Lipinski definition) is 2. The molecule has 180 valence electrons. The van der Waals surface area contributed by atoms with Gasteiger partial charge in [0.05, 0.1) is 34.4 Å². The van der Waals surface area contributed by atoms with E-state index < -0.39 is 28.3 Å². The van der Waals surface area contributed by atoms with E-state index in [1.807, 2.05) is 0 Å². The number of nitrogens with zero attached hydrogens (tertiary/aromatic N) is 3. The van der Waals surface area contributed by atoms with Gasteiger partial charge in [0, 0.05) is 16.6 Å². The Balaban J connectivity index is 1.42. The minimum atomic E-state index is -4.58. The highest BCUT2D eigenvalue weighted by Gasteiger charge is 2.34. The van der Waals surface area contributed by atoms with E-state index in [4.69, 9.17) is 0 Å². The molecule has 2 heterocycles. The van der Waals surface area contributed by atoms with Gasteiger partial charge in [0.1, 0.15) is 11.0 Å². The second-order valence-electron chi connectivity index (χ2n) is 8.43. The van der Waals surface area contributed by atoms with Gasteiger partial charge in [-0.3, -0.25) is 14.5 Å². The predicted octanol–water partition coefficient (Wildman–Crippen LogP) is 5.16. The summed E-state index contributed by atoms with van der Waals surface area (Å²) < 4.78 is 53.8. The normalized spacial score (nSPS) is 15.4. The van der Waals surface area contributed by atoms with Crippen LogP contribution in [0.4, 0.5) is 24.0 Å². The van der Waals surface area contributed by atoms with Gasteiger partial charge >= 0.3 is 6.18 Å². The second kappa shape index (κ2) is 9.41. The Hall–Kier alpha value is -2.86. The molecule has 0 aliphatic heterocycles. The first-order valence-electron chi connectivity index (χ1n) is 10.5. The van der Waals surface area contributed by atoms with Crippen molar-refractivity contribution in [2.24, 2.45) is 0 Å². The molecule has 1 aliphatic rings. The van der Waals surface area contributed by atoms with E-state index >= 15 is 0 Å². The number of alkyl halides is 3. The van der Waals surface area contributed by atoms with Gasteiger partial charge in [-0.05, 0) is 38.8 Å². The van der Waals surface area contributed by atoms with Crippen LogP contribution in [0.3, 0.4) is 0 Å². The summed E-state index contributed by atoms with van der Waals surface area (Å²) in [5.74, 6) is -0.309. The van der Waals surface area contributed by atoms with Crippen LogP contribution >= 0.6 is 11.3 Å². The molecule has 0 spiro atoms. The largest absolute Gasteiger partial charge is 0.434 e. The number of halogens is 3. The highest BCUT2D eigenvalue weighted by Crippen LogP contribution is 2.32. The molecule has 0 saturated heterocycles. The van der Waals surface area contributed by atoms with Gasteiger partial charge in [-0.1, -0.05) is 18.6 Å². The smallest absolute Gasteiger partial charge is 0.325 e. The highest BCUT2D eigenvalue weighted by molar-refractivity contribution is 7.87. The monoisotopic (exact) mass is 509 g/mol. The molecule has 12 heteroatoms. The van der Waals surface area contributed by atoms with Crippen molar-refractivity contribution in [3.8, 4) is 11.3 Å². The summed E-state index contributed by atoms with van der Waals surface area (Å²) in [5, 5.41) is 5.22. The van der Waals surface area contributed by atoms with Crippen molar-refractivity contribution in [3.05, 3.63) is 53.4 Å². The highest BCUT2D eigenvalue weighted by atomic mass is 32.2. The van der Waals surface area contributed by atoms with Crippen molar-refractivity contribution in [1.82, 2.24) is 15.0 Å². The topological polar surface area (TPSA) is 96.9 Å². The molecule has 1 aromatic carbocycles. The van der Waals surface area contributed by atoms with Crippen molar-refractivity contribution >= 4 is 39.0 Å². The van der Waals surface area contributed by atoms with E-state index in [9.17, 15) is 22.2 Å². The molecule has 34 heavy (non-hydrogen) atoms. The number of rotatable bonds is 7. The van der Waals surface area contributed by atoms with Crippen LogP contribution in [-0.4, -0.2) is 30.3 Å². The van der Waals surface area contributed by atoms with E-state index in [-0.39, 0.29) is 16.9 Å². The van der Waals surface area contributed by atoms with E-state index in [2.05, 4.69) is 25.0 Å². The number of carbonyl (C=O) groups excluding carboxylic acids is 1. The van der Waals surface area contributed by atoms with E-state index in [1.54, 1.807) is 43.5 Å². The molecular formula is C22H22F3N5O2S2. The third-order valence-electron chi connectivity index (χ3n) is 5.62. The van der Waals surface area contributed by atoms with Crippen molar-refractivity contribution in [3.63, 3.8) is 0 Å². The molecule has 1 fully saturated rings. The van der Waals surface area contributed by atoms with Gasteiger partial charge in [0.15, 0.2) is 10.8 Å². The second-order valence-corrected chi connectivity index (χ2v) is 10.8. The maximum atomic E-state index is 13.0. The number of carbonyl (C=O) groups is 1. The lowest BCUT2D eigenvalue weighted by atomic mass is 9.89. The maximum absolute atomic E-state index is 13.0. The lowest BCUT2D eigenvalue weighted by molar-refractivity contribution is -0.141. The zero-order valence-corrected chi connectivity index (χ0v) is 20.0. The van der Waals surface area contributed by atoms with E-state index in [0.717, 1.165) is 19.3 Å². The van der Waals surface area contributed by atoms with Crippen LogP contribution in [0.2, 0.25) is 0 Å². The van der Waals surface area contributed by atoms with Crippen molar-refractivity contribution < 1.29 is 22.2 Å². The Kier molecular flexibility index (Phi) is 6.72. The van der Waals surface area contributed by atoms with E-state index in [0.29, 0.717) is 28.3 Å². The number of amides is 1. The lowest BCUT2D eigenvalue weighted by Gasteiger charge is -2.24. The zero-order valence-electron chi connectivity index (χ0n) is 18.3.